The SMILES string of the molecule is COc1ccc(NC(=O)[C@H](CO)NC(=O)c2ccc(-c3ccccc3)cc2)cc1. The number of amides is 2. The second kappa shape index (κ2) is 9.52. The highest BCUT2D eigenvalue weighted by Gasteiger charge is 2.21. The van der Waals surface area contributed by atoms with Crippen molar-refractivity contribution in [2.75, 3.05) is 19.0 Å². The first kappa shape index (κ1) is 20.1. The summed E-state index contributed by atoms with van der Waals surface area (Å²) in [6.45, 7) is -0.518. The van der Waals surface area contributed by atoms with Gasteiger partial charge in [0.2, 0.25) is 5.91 Å². The van der Waals surface area contributed by atoms with Gasteiger partial charge < -0.3 is 20.5 Å². The number of benzene rings is 3. The third-order valence-corrected chi connectivity index (χ3v) is 4.42. The molecule has 6 nitrogen and oxygen atoms in total. The quantitative estimate of drug-likeness (QED) is 0.579. The fourth-order valence-electron chi connectivity index (χ4n) is 2.78. The van der Waals surface area contributed by atoms with Crippen molar-refractivity contribution in [1.29, 1.82) is 0 Å². The van der Waals surface area contributed by atoms with Crippen molar-refractivity contribution in [2.24, 2.45) is 0 Å². The molecule has 0 saturated heterocycles. The van der Waals surface area contributed by atoms with Gasteiger partial charge >= 0.3 is 0 Å². The number of rotatable bonds is 7. The van der Waals surface area contributed by atoms with Crippen molar-refractivity contribution in [1.82, 2.24) is 5.32 Å². The molecule has 1 atom stereocenters. The fourth-order valence-corrected chi connectivity index (χ4v) is 2.78. The van der Waals surface area contributed by atoms with Crippen LogP contribution in [-0.2, 0) is 4.79 Å². The number of aliphatic hydroxyl groups excluding tert-OH is 1. The third-order valence-electron chi connectivity index (χ3n) is 4.42. The third kappa shape index (κ3) is 5.21. The van der Waals surface area contributed by atoms with Crippen LogP contribution in [0.4, 0.5) is 5.69 Å². The summed E-state index contributed by atoms with van der Waals surface area (Å²) >= 11 is 0. The van der Waals surface area contributed by atoms with E-state index < -0.39 is 24.5 Å². The van der Waals surface area contributed by atoms with Crippen LogP contribution < -0.4 is 15.4 Å². The molecule has 0 heterocycles. The molecule has 0 aliphatic rings. The Morgan fingerprint density at radius 2 is 1.52 bits per heavy atom. The van der Waals surface area contributed by atoms with Crippen LogP contribution in [0.15, 0.2) is 78.9 Å². The van der Waals surface area contributed by atoms with E-state index in [1.165, 1.54) is 0 Å². The highest BCUT2D eigenvalue weighted by Crippen LogP contribution is 2.19. The summed E-state index contributed by atoms with van der Waals surface area (Å²) in [4.78, 5) is 24.9. The summed E-state index contributed by atoms with van der Waals surface area (Å²) in [5, 5.41) is 14.8. The van der Waals surface area contributed by atoms with Gasteiger partial charge in [-0.05, 0) is 47.5 Å². The lowest BCUT2D eigenvalue weighted by Crippen LogP contribution is -2.46. The first-order valence-corrected chi connectivity index (χ1v) is 9.13. The minimum atomic E-state index is -1.07. The lowest BCUT2D eigenvalue weighted by atomic mass is 10.0. The van der Waals surface area contributed by atoms with Crippen LogP contribution >= 0.6 is 0 Å². The molecule has 0 radical (unpaired) electrons. The van der Waals surface area contributed by atoms with Crippen LogP contribution in [0.2, 0.25) is 0 Å². The molecule has 0 spiro atoms. The van der Waals surface area contributed by atoms with Crippen molar-refractivity contribution in [3.63, 3.8) is 0 Å². The highest BCUT2D eigenvalue weighted by molar-refractivity contribution is 6.01. The van der Waals surface area contributed by atoms with E-state index >= 15 is 0 Å². The Labute approximate surface area is 169 Å². The maximum absolute atomic E-state index is 12.5. The first-order valence-electron chi connectivity index (χ1n) is 9.13. The predicted octanol–water partition coefficient (Wildman–Crippen LogP) is 3.09. The van der Waals surface area contributed by atoms with Crippen LogP contribution in [0.5, 0.6) is 5.75 Å². The van der Waals surface area contributed by atoms with Crippen LogP contribution in [0.1, 0.15) is 10.4 Å². The summed E-state index contributed by atoms with van der Waals surface area (Å²) in [5.74, 6) is -0.283. The Balaban J connectivity index is 1.63. The second-order valence-corrected chi connectivity index (χ2v) is 6.37. The number of carbonyl (C=O) groups is 2. The standard InChI is InChI=1S/C23H22N2O4/c1-29-20-13-11-19(12-14-20)24-23(28)21(15-26)25-22(27)18-9-7-17(8-10-18)16-5-3-2-4-6-16/h2-14,21,26H,15H2,1H3,(H,24,28)(H,25,27)/t21-/m0/s1. The zero-order valence-electron chi connectivity index (χ0n) is 16.0. The van der Waals surface area contributed by atoms with Crippen molar-refractivity contribution < 1.29 is 19.4 Å². The number of hydrogen-bond acceptors (Lipinski definition) is 4. The smallest absolute Gasteiger partial charge is 0.251 e. The van der Waals surface area contributed by atoms with Crippen molar-refractivity contribution in [3.05, 3.63) is 84.4 Å². The fraction of sp³-hybridized carbons (Fsp3) is 0.130. The molecule has 0 aliphatic carbocycles. The van der Waals surface area contributed by atoms with Gasteiger partial charge in [-0.1, -0.05) is 42.5 Å². The molecule has 29 heavy (non-hydrogen) atoms. The molecular weight excluding hydrogens is 368 g/mol. The molecule has 0 fully saturated rings. The van der Waals surface area contributed by atoms with Gasteiger partial charge in [0.15, 0.2) is 0 Å². The summed E-state index contributed by atoms with van der Waals surface area (Å²) in [7, 11) is 1.55. The molecule has 0 unspecified atom stereocenters. The number of carbonyl (C=O) groups excluding carboxylic acids is 2. The lowest BCUT2D eigenvalue weighted by Gasteiger charge is -2.16. The Bertz CT molecular complexity index is 954. The van der Waals surface area contributed by atoms with Crippen LogP contribution in [0.25, 0.3) is 11.1 Å². The molecule has 0 aliphatic heterocycles. The molecule has 148 valence electrons. The number of nitrogens with one attached hydrogen (secondary N) is 2. The summed E-state index contributed by atoms with van der Waals surface area (Å²) < 4.78 is 5.07. The van der Waals surface area contributed by atoms with E-state index in [0.29, 0.717) is 17.0 Å². The molecule has 3 aromatic carbocycles. The minimum absolute atomic E-state index is 0.403. The molecule has 0 aromatic heterocycles. The highest BCUT2D eigenvalue weighted by atomic mass is 16.5. The average molecular weight is 390 g/mol. The van der Waals surface area contributed by atoms with Crippen molar-refractivity contribution in [3.8, 4) is 16.9 Å². The number of hydrogen-bond donors (Lipinski definition) is 3. The maximum Gasteiger partial charge on any atom is 0.251 e. The van der Waals surface area contributed by atoms with Gasteiger partial charge in [0.25, 0.3) is 5.91 Å². The minimum Gasteiger partial charge on any atom is -0.497 e. The van der Waals surface area contributed by atoms with Gasteiger partial charge in [-0.15, -0.1) is 0 Å². The number of anilines is 1. The van der Waals surface area contributed by atoms with Gasteiger partial charge in [0.1, 0.15) is 11.8 Å². The Morgan fingerprint density at radius 3 is 2.10 bits per heavy atom. The largest absolute Gasteiger partial charge is 0.497 e. The molecule has 0 saturated carbocycles. The lowest BCUT2D eigenvalue weighted by molar-refractivity contribution is -0.118. The molecule has 3 N–H and O–H groups in total. The van der Waals surface area contributed by atoms with Gasteiger partial charge in [-0.3, -0.25) is 9.59 Å². The second-order valence-electron chi connectivity index (χ2n) is 6.37. The molecular formula is C23H22N2O4. The van der Waals surface area contributed by atoms with Crippen LogP contribution in [-0.4, -0.2) is 36.7 Å². The monoisotopic (exact) mass is 390 g/mol. The predicted molar refractivity (Wildman–Crippen MR) is 112 cm³/mol. The van der Waals surface area contributed by atoms with Crippen LogP contribution in [0, 0.1) is 0 Å². The Hall–Kier alpha value is -3.64. The first-order chi connectivity index (χ1) is 14.1. The van der Waals surface area contributed by atoms with Crippen molar-refractivity contribution in [2.45, 2.75) is 6.04 Å². The Morgan fingerprint density at radius 1 is 0.897 bits per heavy atom. The van der Waals surface area contributed by atoms with Crippen molar-refractivity contribution >= 4 is 17.5 Å². The topological polar surface area (TPSA) is 87.7 Å². The van der Waals surface area contributed by atoms with E-state index in [1.807, 2.05) is 42.5 Å². The molecule has 2 amide bonds. The van der Waals surface area contributed by atoms with Crippen LogP contribution in [0.3, 0.4) is 0 Å². The zero-order chi connectivity index (χ0) is 20.6. The molecule has 3 aromatic rings. The Kier molecular flexibility index (Phi) is 6.60. The normalized spacial score (nSPS) is 11.4. The molecule has 3 rings (SSSR count). The number of ether oxygens (including phenoxy) is 1. The molecule has 6 heteroatoms. The summed E-state index contributed by atoms with van der Waals surface area (Å²) in [6.07, 6.45) is 0. The zero-order valence-corrected chi connectivity index (χ0v) is 16.0. The van der Waals surface area contributed by atoms with E-state index in [4.69, 9.17) is 4.74 Å². The maximum atomic E-state index is 12.5. The van der Waals surface area contributed by atoms with E-state index in [9.17, 15) is 14.7 Å². The number of methoxy groups -OCH3 is 1. The van der Waals surface area contributed by atoms with E-state index in [1.54, 1.807) is 43.5 Å². The summed E-state index contributed by atoms with van der Waals surface area (Å²) in [6, 6.07) is 22.6. The van der Waals surface area contributed by atoms with E-state index in [2.05, 4.69) is 10.6 Å². The average Bonchev–Trinajstić information content (AvgIpc) is 2.78. The van der Waals surface area contributed by atoms with Gasteiger partial charge in [0.05, 0.1) is 13.7 Å². The summed E-state index contributed by atoms with van der Waals surface area (Å²) in [5.41, 5.74) is 2.97. The van der Waals surface area contributed by atoms with E-state index in [0.717, 1.165) is 11.1 Å². The van der Waals surface area contributed by atoms with E-state index in [-0.39, 0.29) is 0 Å². The number of aliphatic hydroxyl groups is 1. The van der Waals surface area contributed by atoms with Gasteiger partial charge in [-0.2, -0.15) is 0 Å². The van der Waals surface area contributed by atoms with Gasteiger partial charge in [0, 0.05) is 11.3 Å². The molecule has 0 bridgehead atoms. The van der Waals surface area contributed by atoms with Gasteiger partial charge in [-0.25, -0.2) is 0 Å².